The highest BCUT2D eigenvalue weighted by Gasteiger charge is 2.14. The fourth-order valence-electron chi connectivity index (χ4n) is 3.08. The van der Waals surface area contributed by atoms with Gasteiger partial charge < -0.3 is 15.2 Å². The number of carbonyl (C=O) groups is 2. The molecule has 0 bridgehead atoms. The number of fused-ring (bicyclic) bond motifs is 1. The van der Waals surface area contributed by atoms with Crippen molar-refractivity contribution >= 4 is 41.8 Å². The lowest BCUT2D eigenvalue weighted by Gasteiger charge is -2.14. The standard InChI is InChI=1S/C22H21N7O4S/c1-2-23-22(32)29(34)19-8-7-17-21(27-19)26-18(10-24-17)15-9-25-28(12-15)11-14-3-5-16(6-4-14)33-13-20(30)31/h3-10,12,34H,2,11,13H2,1H3,(H,23,32)(H,30,31). The van der Waals surface area contributed by atoms with E-state index >= 15 is 0 Å². The minimum absolute atomic E-state index is 0.333. The Morgan fingerprint density at radius 1 is 1.15 bits per heavy atom. The molecule has 2 N–H and O–H groups in total. The van der Waals surface area contributed by atoms with Crippen LogP contribution >= 0.6 is 12.8 Å². The number of amides is 2. The Hall–Kier alpha value is -4.19. The second-order valence-corrected chi connectivity index (χ2v) is 7.57. The average molecular weight is 480 g/mol. The maximum atomic E-state index is 12.0. The Balaban J connectivity index is 1.50. The molecule has 0 saturated heterocycles. The number of hydrogen-bond donors (Lipinski definition) is 3. The highest BCUT2D eigenvalue weighted by Crippen LogP contribution is 2.21. The number of nitrogens with one attached hydrogen (secondary N) is 1. The fourth-order valence-corrected chi connectivity index (χ4v) is 3.26. The van der Waals surface area contributed by atoms with Crippen LogP contribution in [0.1, 0.15) is 12.5 Å². The number of carboxylic acids is 1. The molecule has 0 aliphatic heterocycles. The van der Waals surface area contributed by atoms with Gasteiger partial charge in [-0.05, 0) is 36.8 Å². The molecule has 0 radical (unpaired) electrons. The van der Waals surface area contributed by atoms with Crippen molar-refractivity contribution < 1.29 is 19.4 Å². The van der Waals surface area contributed by atoms with E-state index < -0.39 is 5.97 Å². The zero-order valence-corrected chi connectivity index (χ0v) is 19.0. The second kappa shape index (κ2) is 10.2. The van der Waals surface area contributed by atoms with E-state index in [2.05, 4.69) is 38.2 Å². The molecule has 0 aliphatic carbocycles. The van der Waals surface area contributed by atoms with Crippen LogP contribution in [0.2, 0.25) is 0 Å². The molecule has 4 rings (SSSR count). The first kappa shape index (κ1) is 23.0. The molecule has 12 heteroatoms. The zero-order valence-electron chi connectivity index (χ0n) is 18.1. The quantitative estimate of drug-likeness (QED) is 0.328. The molecule has 0 spiro atoms. The van der Waals surface area contributed by atoms with E-state index in [9.17, 15) is 9.59 Å². The Labute approximate surface area is 200 Å². The van der Waals surface area contributed by atoms with E-state index in [1.165, 1.54) is 0 Å². The number of anilines is 1. The molecule has 1 aromatic carbocycles. The Morgan fingerprint density at radius 2 is 1.94 bits per heavy atom. The number of hydrogen-bond acceptors (Lipinski definition) is 8. The van der Waals surface area contributed by atoms with E-state index in [0.717, 1.165) is 15.4 Å². The Kier molecular flexibility index (Phi) is 6.87. The van der Waals surface area contributed by atoms with Crippen LogP contribution in [-0.2, 0) is 11.3 Å². The number of aliphatic carboxylic acids is 1. The van der Waals surface area contributed by atoms with Crippen molar-refractivity contribution in [3.63, 3.8) is 0 Å². The van der Waals surface area contributed by atoms with Crippen LogP contribution in [0.3, 0.4) is 0 Å². The first-order valence-corrected chi connectivity index (χ1v) is 10.7. The molecule has 3 heterocycles. The lowest BCUT2D eigenvalue weighted by atomic mass is 10.2. The topological polar surface area (TPSA) is 135 Å². The second-order valence-electron chi connectivity index (χ2n) is 7.17. The normalized spacial score (nSPS) is 10.8. The summed E-state index contributed by atoms with van der Waals surface area (Å²) in [7, 11) is 0. The summed E-state index contributed by atoms with van der Waals surface area (Å²) in [5.41, 5.74) is 3.28. The number of pyridine rings is 1. The number of nitrogens with zero attached hydrogens (tertiary/aromatic N) is 6. The molecule has 4 aromatic rings. The van der Waals surface area contributed by atoms with Crippen molar-refractivity contribution in [3.8, 4) is 17.0 Å². The van der Waals surface area contributed by atoms with Crippen molar-refractivity contribution in [2.75, 3.05) is 17.5 Å². The van der Waals surface area contributed by atoms with Crippen LogP contribution in [0, 0.1) is 0 Å². The summed E-state index contributed by atoms with van der Waals surface area (Å²) in [5.74, 6) is -0.210. The lowest BCUT2D eigenvalue weighted by Crippen LogP contribution is -2.34. The summed E-state index contributed by atoms with van der Waals surface area (Å²) >= 11 is 4.21. The molecule has 3 aromatic heterocycles. The van der Waals surface area contributed by atoms with Gasteiger partial charge in [0.25, 0.3) is 0 Å². The number of aromatic nitrogens is 5. The zero-order chi connectivity index (χ0) is 24.1. The van der Waals surface area contributed by atoms with Crippen LogP contribution in [0.5, 0.6) is 5.75 Å². The summed E-state index contributed by atoms with van der Waals surface area (Å²) in [5, 5.41) is 15.7. The fraction of sp³-hybridized carbons (Fsp3) is 0.182. The maximum Gasteiger partial charge on any atom is 0.341 e. The van der Waals surface area contributed by atoms with Gasteiger partial charge in [-0.2, -0.15) is 5.10 Å². The van der Waals surface area contributed by atoms with Gasteiger partial charge in [-0.15, -0.1) is 0 Å². The van der Waals surface area contributed by atoms with Crippen molar-refractivity contribution in [1.29, 1.82) is 0 Å². The van der Waals surface area contributed by atoms with Gasteiger partial charge in [0.05, 0.1) is 24.6 Å². The first-order valence-electron chi connectivity index (χ1n) is 10.3. The third-order valence-electron chi connectivity index (χ3n) is 4.69. The van der Waals surface area contributed by atoms with Crippen LogP contribution in [0.15, 0.2) is 55.0 Å². The highest BCUT2D eigenvalue weighted by molar-refractivity contribution is 7.82. The predicted molar refractivity (Wildman–Crippen MR) is 128 cm³/mol. The molecular formula is C22H21N7O4S. The third-order valence-corrected chi connectivity index (χ3v) is 5.08. The number of rotatable bonds is 8. The molecule has 174 valence electrons. The van der Waals surface area contributed by atoms with Crippen LogP contribution < -0.4 is 14.4 Å². The first-order chi connectivity index (χ1) is 16.4. The van der Waals surface area contributed by atoms with Gasteiger partial charge in [0, 0.05) is 18.3 Å². The summed E-state index contributed by atoms with van der Waals surface area (Å²) in [6, 6.07) is 10.1. The largest absolute Gasteiger partial charge is 0.482 e. The molecule has 0 atom stereocenters. The van der Waals surface area contributed by atoms with Gasteiger partial charge in [0.2, 0.25) is 0 Å². The molecule has 0 fully saturated rings. The third kappa shape index (κ3) is 5.41. The van der Waals surface area contributed by atoms with Gasteiger partial charge in [-0.25, -0.2) is 23.9 Å². The van der Waals surface area contributed by atoms with E-state index in [-0.39, 0.29) is 12.6 Å². The number of carboxylic acid groups (broad SMARTS) is 1. The molecule has 0 unspecified atom stereocenters. The maximum absolute atomic E-state index is 12.0. The summed E-state index contributed by atoms with van der Waals surface area (Å²) < 4.78 is 8.02. The van der Waals surface area contributed by atoms with Crippen molar-refractivity contribution in [3.05, 3.63) is 60.6 Å². The Bertz CT molecular complexity index is 1330. The molecule has 11 nitrogen and oxygen atoms in total. The summed E-state index contributed by atoms with van der Waals surface area (Å²) in [6.45, 7) is 2.41. The predicted octanol–water partition coefficient (Wildman–Crippen LogP) is 2.78. The molecule has 34 heavy (non-hydrogen) atoms. The molecule has 0 saturated carbocycles. The van der Waals surface area contributed by atoms with Crippen LogP contribution in [-0.4, -0.2) is 55.0 Å². The van der Waals surface area contributed by atoms with Crippen LogP contribution in [0.4, 0.5) is 10.6 Å². The molecule has 0 aliphatic rings. The van der Waals surface area contributed by atoms with Gasteiger partial charge in [-0.3, -0.25) is 9.67 Å². The minimum atomic E-state index is -1.03. The van der Waals surface area contributed by atoms with Crippen molar-refractivity contribution in [2.24, 2.45) is 0 Å². The van der Waals surface area contributed by atoms with Crippen molar-refractivity contribution in [1.82, 2.24) is 30.0 Å². The van der Waals surface area contributed by atoms with Crippen LogP contribution in [0.25, 0.3) is 22.4 Å². The highest BCUT2D eigenvalue weighted by atomic mass is 32.1. The van der Waals surface area contributed by atoms with Gasteiger partial charge >= 0.3 is 12.0 Å². The van der Waals surface area contributed by atoms with Crippen molar-refractivity contribution in [2.45, 2.75) is 13.5 Å². The number of thiol groups is 1. The van der Waals surface area contributed by atoms with Gasteiger partial charge in [0.1, 0.15) is 17.1 Å². The summed E-state index contributed by atoms with van der Waals surface area (Å²) in [4.78, 5) is 36.0. The van der Waals surface area contributed by atoms with E-state index in [4.69, 9.17) is 9.84 Å². The van der Waals surface area contributed by atoms with Gasteiger partial charge in [0.15, 0.2) is 12.3 Å². The summed E-state index contributed by atoms with van der Waals surface area (Å²) in [6.07, 6.45) is 5.17. The number of urea groups is 1. The molecular weight excluding hydrogens is 458 g/mol. The number of ether oxygens (including phenoxy) is 1. The SMILES string of the molecule is CCNC(=O)N(S)c1ccc2ncc(-c3cnn(Cc4ccc(OCC(=O)O)cc4)c3)nc2n1. The molecule has 2 amide bonds. The van der Waals surface area contributed by atoms with E-state index in [0.29, 0.717) is 41.5 Å². The lowest BCUT2D eigenvalue weighted by molar-refractivity contribution is -0.139. The number of carbonyl (C=O) groups excluding carboxylic acids is 1. The average Bonchev–Trinajstić information content (AvgIpc) is 3.31. The monoisotopic (exact) mass is 479 g/mol. The number of benzene rings is 1. The van der Waals surface area contributed by atoms with E-state index in [1.807, 2.05) is 25.3 Å². The van der Waals surface area contributed by atoms with E-state index in [1.54, 1.807) is 41.3 Å². The Morgan fingerprint density at radius 3 is 2.68 bits per heavy atom. The minimum Gasteiger partial charge on any atom is -0.482 e. The smallest absolute Gasteiger partial charge is 0.341 e. The van der Waals surface area contributed by atoms with Gasteiger partial charge in [-0.1, -0.05) is 24.9 Å².